The van der Waals surface area contributed by atoms with Crippen LogP contribution in [0.2, 0.25) is 0 Å². The lowest BCUT2D eigenvalue weighted by Crippen LogP contribution is -2.42. The number of carboxylic acids is 1. The highest BCUT2D eigenvalue weighted by atomic mass is 19.4. The second-order valence-corrected chi connectivity index (χ2v) is 8.36. The van der Waals surface area contributed by atoms with Gasteiger partial charge in [0, 0.05) is 49.5 Å². The maximum absolute atomic E-state index is 12.7. The van der Waals surface area contributed by atoms with E-state index in [-0.39, 0.29) is 5.91 Å². The summed E-state index contributed by atoms with van der Waals surface area (Å²) in [7, 11) is 3.70. The zero-order valence-electron chi connectivity index (χ0n) is 19.8. The van der Waals surface area contributed by atoms with Crippen LogP contribution in [0.3, 0.4) is 0 Å². The lowest BCUT2D eigenvalue weighted by atomic mass is 10.0. The van der Waals surface area contributed by atoms with Crippen LogP contribution in [-0.4, -0.2) is 83.0 Å². The molecule has 2 heterocycles. The van der Waals surface area contributed by atoms with Gasteiger partial charge in [0.2, 0.25) is 5.91 Å². The maximum atomic E-state index is 12.7. The number of aliphatic carboxylic acids is 1. The monoisotopic (exact) mass is 484 g/mol. The Hall–Kier alpha value is -2.92. The van der Waals surface area contributed by atoms with Crippen molar-refractivity contribution in [3.63, 3.8) is 0 Å². The second-order valence-electron chi connectivity index (χ2n) is 8.36. The third-order valence-corrected chi connectivity index (χ3v) is 5.59. The van der Waals surface area contributed by atoms with Gasteiger partial charge in [0.1, 0.15) is 0 Å². The molecule has 0 atom stereocenters. The predicted molar refractivity (Wildman–Crippen MR) is 120 cm³/mol. The normalized spacial score (nSPS) is 13.9. The number of alkyl halides is 3. The number of hydrogen-bond donors (Lipinski definition) is 2. The van der Waals surface area contributed by atoms with E-state index in [1.165, 1.54) is 5.56 Å². The van der Waals surface area contributed by atoms with E-state index in [0.717, 1.165) is 48.4 Å². The fourth-order valence-corrected chi connectivity index (χ4v) is 3.44. The topological polar surface area (TPSA) is 98.8 Å². The van der Waals surface area contributed by atoms with Crippen LogP contribution < -0.4 is 0 Å². The molecule has 1 aliphatic heterocycles. The Morgan fingerprint density at radius 1 is 1.26 bits per heavy atom. The van der Waals surface area contributed by atoms with E-state index in [2.05, 4.69) is 47.1 Å². The number of carbonyl (C=O) groups is 2. The first-order chi connectivity index (χ1) is 15.9. The standard InChI is InChI=1S/C21H30N4O2.C2HF3O2/c1-15(2)24(3)13-20(26)25-10-8-18-19(9-11-25)22-23-21(18)17-7-5-6-16(12-17)14-27-4;3-2(4,5)1(6)7/h5-7,12,15H,8-11,13-14H2,1-4H3,(H,22,23);(H,6,7). The number of aromatic nitrogens is 2. The van der Waals surface area contributed by atoms with E-state index in [4.69, 9.17) is 14.6 Å². The summed E-state index contributed by atoms with van der Waals surface area (Å²) in [6.45, 7) is 6.75. The van der Waals surface area contributed by atoms with Gasteiger partial charge < -0.3 is 14.7 Å². The summed E-state index contributed by atoms with van der Waals surface area (Å²) in [6.07, 6.45) is -3.44. The van der Waals surface area contributed by atoms with E-state index in [0.29, 0.717) is 19.2 Å². The molecule has 0 radical (unpaired) electrons. The Balaban J connectivity index is 0.000000509. The van der Waals surface area contributed by atoms with Crippen molar-refractivity contribution in [1.82, 2.24) is 20.0 Å². The highest BCUT2D eigenvalue weighted by Gasteiger charge is 2.38. The van der Waals surface area contributed by atoms with Gasteiger partial charge in [-0.05, 0) is 38.9 Å². The van der Waals surface area contributed by atoms with Crippen LogP contribution in [-0.2, 0) is 33.8 Å². The van der Waals surface area contributed by atoms with Crippen molar-refractivity contribution in [3.8, 4) is 11.3 Å². The number of fused-ring (bicyclic) bond motifs is 1. The van der Waals surface area contributed by atoms with Gasteiger partial charge in [0.05, 0.1) is 18.8 Å². The number of nitrogens with one attached hydrogen (secondary N) is 1. The molecule has 2 N–H and O–H groups in total. The highest BCUT2D eigenvalue weighted by molar-refractivity contribution is 5.78. The molecule has 0 saturated heterocycles. The van der Waals surface area contributed by atoms with E-state index in [9.17, 15) is 18.0 Å². The minimum atomic E-state index is -5.08. The van der Waals surface area contributed by atoms with Crippen molar-refractivity contribution in [2.24, 2.45) is 0 Å². The van der Waals surface area contributed by atoms with E-state index < -0.39 is 12.1 Å². The Bertz CT molecular complexity index is 975. The molecule has 2 aromatic rings. The Morgan fingerprint density at radius 2 is 1.91 bits per heavy atom. The number of methoxy groups -OCH3 is 1. The van der Waals surface area contributed by atoms with Crippen LogP contribution in [0.25, 0.3) is 11.3 Å². The number of ether oxygens (including phenoxy) is 1. The number of H-pyrrole nitrogens is 1. The van der Waals surface area contributed by atoms with Gasteiger partial charge in [-0.3, -0.25) is 14.8 Å². The Kier molecular flexibility index (Phi) is 9.63. The van der Waals surface area contributed by atoms with Crippen LogP contribution >= 0.6 is 0 Å². The van der Waals surface area contributed by atoms with Crippen molar-refractivity contribution in [2.45, 2.75) is 45.5 Å². The van der Waals surface area contributed by atoms with E-state index in [1.54, 1.807) is 7.11 Å². The SMILES string of the molecule is COCc1cccc(-c2n[nH]c3c2CCN(C(=O)CN(C)C(C)C)CC3)c1.O=C(O)C(F)(F)F. The lowest BCUT2D eigenvalue weighted by Gasteiger charge is -2.26. The first kappa shape index (κ1) is 27.3. The number of amides is 1. The molecular formula is C23H31F3N4O4. The van der Waals surface area contributed by atoms with Crippen LogP contribution in [0.1, 0.15) is 30.7 Å². The van der Waals surface area contributed by atoms with Gasteiger partial charge in [0.15, 0.2) is 0 Å². The average Bonchev–Trinajstić information content (AvgIpc) is 3.04. The zero-order chi connectivity index (χ0) is 25.5. The van der Waals surface area contributed by atoms with Crippen LogP contribution in [0.5, 0.6) is 0 Å². The third-order valence-electron chi connectivity index (χ3n) is 5.59. The Labute approximate surface area is 196 Å². The third kappa shape index (κ3) is 7.56. The Morgan fingerprint density at radius 3 is 2.50 bits per heavy atom. The number of aromatic amines is 1. The largest absolute Gasteiger partial charge is 0.490 e. The number of rotatable bonds is 6. The van der Waals surface area contributed by atoms with Crippen LogP contribution in [0, 0.1) is 0 Å². The quantitative estimate of drug-likeness (QED) is 0.654. The number of carboxylic acid groups (broad SMARTS) is 1. The molecule has 34 heavy (non-hydrogen) atoms. The lowest BCUT2D eigenvalue weighted by molar-refractivity contribution is -0.192. The molecule has 1 aliphatic rings. The summed E-state index contributed by atoms with van der Waals surface area (Å²) in [6, 6.07) is 8.68. The summed E-state index contributed by atoms with van der Waals surface area (Å²) >= 11 is 0. The minimum Gasteiger partial charge on any atom is -0.475 e. The number of carbonyl (C=O) groups excluding carboxylic acids is 1. The minimum absolute atomic E-state index is 0.202. The zero-order valence-corrected chi connectivity index (χ0v) is 19.8. The number of halogens is 3. The average molecular weight is 485 g/mol. The molecule has 0 aliphatic carbocycles. The predicted octanol–water partition coefficient (Wildman–Crippen LogP) is 3.12. The number of benzene rings is 1. The molecule has 11 heteroatoms. The van der Waals surface area contributed by atoms with E-state index in [1.807, 2.05) is 18.0 Å². The summed E-state index contributed by atoms with van der Waals surface area (Å²) in [5.74, 6) is -2.56. The summed E-state index contributed by atoms with van der Waals surface area (Å²) < 4.78 is 37.0. The van der Waals surface area contributed by atoms with Crippen molar-refractivity contribution in [2.75, 3.05) is 33.8 Å². The highest BCUT2D eigenvalue weighted by Crippen LogP contribution is 2.27. The number of nitrogens with zero attached hydrogens (tertiary/aromatic N) is 3. The first-order valence-corrected chi connectivity index (χ1v) is 10.9. The first-order valence-electron chi connectivity index (χ1n) is 10.9. The van der Waals surface area contributed by atoms with Gasteiger partial charge in [-0.2, -0.15) is 18.3 Å². The summed E-state index contributed by atoms with van der Waals surface area (Å²) in [4.78, 5) is 25.6. The van der Waals surface area contributed by atoms with Crippen molar-refractivity contribution in [1.29, 1.82) is 0 Å². The van der Waals surface area contributed by atoms with Crippen molar-refractivity contribution < 1.29 is 32.6 Å². The molecule has 188 valence electrons. The molecule has 0 fully saturated rings. The summed E-state index contributed by atoms with van der Waals surface area (Å²) in [5, 5.41) is 14.9. The summed E-state index contributed by atoms with van der Waals surface area (Å²) in [5.41, 5.74) is 5.61. The molecule has 0 spiro atoms. The maximum Gasteiger partial charge on any atom is 0.490 e. The molecule has 0 saturated carbocycles. The van der Waals surface area contributed by atoms with Gasteiger partial charge in [0.25, 0.3) is 0 Å². The molecule has 0 bridgehead atoms. The van der Waals surface area contributed by atoms with Gasteiger partial charge in [-0.15, -0.1) is 0 Å². The molecule has 1 aromatic carbocycles. The van der Waals surface area contributed by atoms with Gasteiger partial charge >= 0.3 is 12.1 Å². The molecule has 1 aromatic heterocycles. The fourth-order valence-electron chi connectivity index (χ4n) is 3.44. The molecule has 3 rings (SSSR count). The van der Waals surface area contributed by atoms with Crippen LogP contribution in [0.15, 0.2) is 24.3 Å². The molecule has 0 unspecified atom stereocenters. The van der Waals surface area contributed by atoms with Crippen LogP contribution in [0.4, 0.5) is 13.2 Å². The molecular weight excluding hydrogens is 453 g/mol. The number of likely N-dealkylation sites (N-methyl/N-ethyl adjacent to an activating group) is 1. The number of hydrogen-bond acceptors (Lipinski definition) is 5. The van der Waals surface area contributed by atoms with Crippen molar-refractivity contribution >= 4 is 11.9 Å². The van der Waals surface area contributed by atoms with Gasteiger partial charge in [-0.1, -0.05) is 18.2 Å². The second kappa shape index (κ2) is 12.0. The molecule has 8 nitrogen and oxygen atoms in total. The smallest absolute Gasteiger partial charge is 0.475 e. The van der Waals surface area contributed by atoms with E-state index >= 15 is 0 Å². The van der Waals surface area contributed by atoms with Crippen molar-refractivity contribution in [3.05, 3.63) is 41.1 Å². The fraction of sp³-hybridized carbons (Fsp3) is 0.522. The molecule has 1 amide bonds. The van der Waals surface area contributed by atoms with Gasteiger partial charge in [-0.25, -0.2) is 4.79 Å².